The summed E-state index contributed by atoms with van der Waals surface area (Å²) in [5, 5.41) is 3.50. The lowest BCUT2D eigenvalue weighted by Gasteiger charge is -2.68. The molecule has 5 saturated carbocycles. The highest BCUT2D eigenvalue weighted by molar-refractivity contribution is 6.17. The summed E-state index contributed by atoms with van der Waals surface area (Å²) in [5.41, 5.74) is 7.78. The van der Waals surface area contributed by atoms with Gasteiger partial charge >= 0.3 is 0 Å². The largest absolute Gasteiger partial charge is 0.353 e. The van der Waals surface area contributed by atoms with E-state index in [1.165, 1.54) is 18.4 Å². The molecular formula is C26H37ClN2O. The molecule has 6 rings (SSSR count). The number of hydrogen-bond acceptors (Lipinski definition) is 2. The molecule has 0 aliphatic heterocycles. The van der Waals surface area contributed by atoms with Gasteiger partial charge in [0.25, 0.3) is 0 Å². The molecule has 0 spiro atoms. The molecule has 0 aromatic heterocycles. The Hall–Kier alpha value is -1.06. The molecule has 5 fully saturated rings. The van der Waals surface area contributed by atoms with Crippen molar-refractivity contribution in [2.24, 2.45) is 28.4 Å². The minimum Gasteiger partial charge on any atom is -0.353 e. The minimum absolute atomic E-state index is 0.158. The minimum atomic E-state index is -0.201. The lowest BCUT2D eigenvalue weighted by Crippen LogP contribution is -2.65. The van der Waals surface area contributed by atoms with E-state index in [9.17, 15) is 4.79 Å². The van der Waals surface area contributed by atoms with Crippen LogP contribution in [0.4, 0.5) is 0 Å². The molecule has 164 valence electrons. The van der Waals surface area contributed by atoms with Crippen LogP contribution in [-0.4, -0.2) is 23.9 Å². The Kier molecular flexibility index (Phi) is 5.22. The molecule has 0 radical (unpaired) electrons. The topological polar surface area (TPSA) is 55.1 Å². The molecule has 5 aliphatic rings. The highest BCUT2D eigenvalue weighted by Gasteiger charge is 2.67. The molecule has 5 aliphatic carbocycles. The van der Waals surface area contributed by atoms with Crippen molar-refractivity contribution in [3.8, 4) is 0 Å². The molecule has 1 aromatic carbocycles. The Morgan fingerprint density at radius 3 is 2.30 bits per heavy atom. The van der Waals surface area contributed by atoms with E-state index >= 15 is 0 Å². The summed E-state index contributed by atoms with van der Waals surface area (Å²) >= 11 is 6.28. The van der Waals surface area contributed by atoms with Gasteiger partial charge in [-0.1, -0.05) is 37.3 Å². The van der Waals surface area contributed by atoms with Crippen LogP contribution in [0.15, 0.2) is 30.3 Å². The number of benzene rings is 1. The maximum atomic E-state index is 13.8. The van der Waals surface area contributed by atoms with Crippen LogP contribution in [0.25, 0.3) is 0 Å². The Balaban J connectivity index is 1.45. The van der Waals surface area contributed by atoms with Gasteiger partial charge < -0.3 is 11.1 Å². The van der Waals surface area contributed by atoms with Gasteiger partial charge in [0, 0.05) is 18.0 Å². The van der Waals surface area contributed by atoms with Gasteiger partial charge in [-0.2, -0.15) is 0 Å². The molecule has 1 aromatic rings. The standard InChI is InChI=1S/C26H37ClN2O/c1-24(11-12-27)19-13-25(18-5-3-2-4-6-18)14-20(24)16-26(15-19,17-25)23(30)29-22-9-7-21(28)8-10-22/h2-6,19-22H,7-17,28H2,1H3,(H,29,30). The van der Waals surface area contributed by atoms with Crippen molar-refractivity contribution < 1.29 is 4.79 Å². The summed E-state index contributed by atoms with van der Waals surface area (Å²) in [4.78, 5) is 13.8. The fourth-order valence-electron chi connectivity index (χ4n) is 8.01. The summed E-state index contributed by atoms with van der Waals surface area (Å²) in [7, 11) is 0. The van der Waals surface area contributed by atoms with E-state index < -0.39 is 0 Å². The van der Waals surface area contributed by atoms with E-state index in [0.717, 1.165) is 57.2 Å². The van der Waals surface area contributed by atoms with Gasteiger partial charge in [0.05, 0.1) is 5.41 Å². The van der Waals surface area contributed by atoms with Crippen LogP contribution < -0.4 is 11.1 Å². The first kappa shape index (κ1) is 20.8. The second-order valence-corrected chi connectivity index (χ2v) is 11.7. The van der Waals surface area contributed by atoms with Crippen molar-refractivity contribution in [3.05, 3.63) is 35.9 Å². The third kappa shape index (κ3) is 3.23. The highest BCUT2D eigenvalue weighted by Crippen LogP contribution is 2.72. The van der Waals surface area contributed by atoms with E-state index in [0.29, 0.717) is 29.8 Å². The second-order valence-electron chi connectivity index (χ2n) is 11.3. The van der Waals surface area contributed by atoms with Crippen molar-refractivity contribution in [2.45, 2.75) is 88.6 Å². The Morgan fingerprint density at radius 1 is 1.07 bits per heavy atom. The van der Waals surface area contributed by atoms with Crippen LogP contribution in [0.5, 0.6) is 0 Å². The molecule has 0 saturated heterocycles. The molecule has 30 heavy (non-hydrogen) atoms. The van der Waals surface area contributed by atoms with E-state index in [4.69, 9.17) is 17.3 Å². The van der Waals surface area contributed by atoms with Gasteiger partial charge in [-0.05, 0) is 92.4 Å². The predicted octanol–water partition coefficient (Wildman–Crippen LogP) is 5.16. The van der Waals surface area contributed by atoms with E-state index in [1.807, 2.05) is 0 Å². The molecule has 4 bridgehead atoms. The number of hydrogen-bond donors (Lipinski definition) is 2. The number of rotatable bonds is 5. The number of amides is 1. The van der Waals surface area contributed by atoms with E-state index in [1.54, 1.807) is 0 Å². The van der Waals surface area contributed by atoms with Gasteiger partial charge in [-0.25, -0.2) is 0 Å². The monoisotopic (exact) mass is 428 g/mol. The molecule has 3 nitrogen and oxygen atoms in total. The number of alkyl halides is 1. The Labute approximate surface area is 186 Å². The lowest BCUT2D eigenvalue weighted by atomic mass is 9.36. The molecule has 2 unspecified atom stereocenters. The van der Waals surface area contributed by atoms with Gasteiger partial charge in [-0.3, -0.25) is 4.79 Å². The SMILES string of the molecule is CC1(CCCl)C2CC3(C(=O)NC4CCC(N)CC4)CC1CC(c1ccccc1)(C2)C3. The molecule has 3 N–H and O–H groups in total. The maximum Gasteiger partial charge on any atom is 0.226 e. The summed E-state index contributed by atoms with van der Waals surface area (Å²) in [5.74, 6) is 2.24. The number of halogens is 1. The fourth-order valence-corrected chi connectivity index (χ4v) is 8.42. The molecule has 0 heterocycles. The van der Waals surface area contributed by atoms with E-state index in [-0.39, 0.29) is 16.2 Å². The Bertz CT molecular complexity index is 769. The van der Waals surface area contributed by atoms with Crippen LogP contribution in [0.3, 0.4) is 0 Å². The smallest absolute Gasteiger partial charge is 0.226 e. The maximum absolute atomic E-state index is 13.8. The molecular weight excluding hydrogens is 392 g/mol. The normalized spacial score (nSPS) is 44.8. The third-order valence-corrected chi connectivity index (χ3v) is 9.89. The van der Waals surface area contributed by atoms with Crippen LogP contribution in [-0.2, 0) is 10.2 Å². The summed E-state index contributed by atoms with van der Waals surface area (Å²) < 4.78 is 0. The number of carbonyl (C=O) groups excluding carboxylic acids is 1. The van der Waals surface area contributed by atoms with Crippen molar-refractivity contribution >= 4 is 17.5 Å². The average molecular weight is 429 g/mol. The average Bonchev–Trinajstić information content (AvgIpc) is 2.74. The zero-order valence-corrected chi connectivity index (χ0v) is 19.1. The summed E-state index contributed by atoms with van der Waals surface area (Å²) in [6.45, 7) is 2.47. The van der Waals surface area contributed by atoms with Crippen LogP contribution >= 0.6 is 11.6 Å². The lowest BCUT2D eigenvalue weighted by molar-refractivity contribution is -0.176. The van der Waals surface area contributed by atoms with Crippen LogP contribution in [0.1, 0.15) is 76.7 Å². The van der Waals surface area contributed by atoms with Crippen molar-refractivity contribution in [3.63, 3.8) is 0 Å². The number of nitrogens with one attached hydrogen (secondary N) is 1. The van der Waals surface area contributed by atoms with E-state index in [2.05, 4.69) is 42.6 Å². The van der Waals surface area contributed by atoms with Gasteiger partial charge in [0.2, 0.25) is 5.91 Å². The van der Waals surface area contributed by atoms with Gasteiger partial charge in [0.15, 0.2) is 0 Å². The highest BCUT2D eigenvalue weighted by atomic mass is 35.5. The fraction of sp³-hybridized carbons (Fsp3) is 0.731. The first-order valence-corrected chi connectivity index (χ1v) is 12.6. The first-order valence-electron chi connectivity index (χ1n) is 12.1. The van der Waals surface area contributed by atoms with Crippen molar-refractivity contribution in [1.29, 1.82) is 0 Å². The number of carbonyl (C=O) groups is 1. The van der Waals surface area contributed by atoms with Crippen molar-refractivity contribution in [1.82, 2.24) is 5.32 Å². The van der Waals surface area contributed by atoms with Crippen LogP contribution in [0, 0.1) is 22.7 Å². The predicted molar refractivity (Wildman–Crippen MR) is 122 cm³/mol. The summed E-state index contributed by atoms with van der Waals surface area (Å²) in [6, 6.07) is 11.7. The van der Waals surface area contributed by atoms with Crippen LogP contribution in [0.2, 0.25) is 0 Å². The molecule has 1 amide bonds. The van der Waals surface area contributed by atoms with Crippen molar-refractivity contribution in [2.75, 3.05) is 5.88 Å². The first-order chi connectivity index (χ1) is 14.4. The Morgan fingerprint density at radius 2 is 1.70 bits per heavy atom. The van der Waals surface area contributed by atoms with Gasteiger partial charge in [0.1, 0.15) is 0 Å². The third-order valence-electron chi connectivity index (χ3n) is 9.70. The quantitative estimate of drug-likeness (QED) is 0.636. The zero-order valence-electron chi connectivity index (χ0n) is 18.3. The number of nitrogens with two attached hydrogens (primary N) is 1. The zero-order chi connectivity index (χ0) is 21.0. The molecule has 4 heteroatoms. The summed E-state index contributed by atoms with van der Waals surface area (Å²) in [6.07, 6.45) is 10.7. The second kappa shape index (κ2) is 7.52. The molecule has 2 atom stereocenters. The van der Waals surface area contributed by atoms with Gasteiger partial charge in [-0.15, -0.1) is 11.6 Å².